The Morgan fingerprint density at radius 3 is 2.29 bits per heavy atom. The summed E-state index contributed by atoms with van der Waals surface area (Å²) in [7, 11) is 1.55. The molecule has 1 atom stereocenters. The molecule has 3 aromatic rings. The average Bonchev–Trinajstić information content (AvgIpc) is 2.99. The summed E-state index contributed by atoms with van der Waals surface area (Å²) >= 11 is 6.32. The number of hydrogen-bond donors (Lipinski definition) is 2. The lowest BCUT2D eigenvalue weighted by Crippen LogP contribution is -2.48. The van der Waals surface area contributed by atoms with Crippen molar-refractivity contribution in [2.45, 2.75) is 58.7 Å². The highest BCUT2D eigenvalue weighted by Crippen LogP contribution is 2.28. The Hall–Kier alpha value is -3.39. The van der Waals surface area contributed by atoms with Crippen LogP contribution in [0.4, 0.5) is 5.69 Å². The molecule has 1 aliphatic heterocycles. The number of methoxy groups -OCH3 is 1. The number of likely N-dealkylation sites (tertiary alicyclic amines) is 1. The van der Waals surface area contributed by atoms with Crippen LogP contribution >= 0.6 is 11.6 Å². The Morgan fingerprint density at radius 1 is 0.976 bits per heavy atom. The first-order valence-electron chi connectivity index (χ1n) is 14.7. The zero-order valence-electron chi connectivity index (χ0n) is 25.2. The van der Waals surface area contributed by atoms with Gasteiger partial charge in [0.2, 0.25) is 0 Å². The zero-order valence-corrected chi connectivity index (χ0v) is 25.9. The lowest BCUT2D eigenvalue weighted by Gasteiger charge is -2.42. The van der Waals surface area contributed by atoms with Crippen molar-refractivity contribution in [1.82, 2.24) is 15.5 Å². The molecule has 0 aliphatic carbocycles. The molecule has 8 heteroatoms. The molecule has 2 amide bonds. The molecule has 0 radical (unpaired) electrons. The summed E-state index contributed by atoms with van der Waals surface area (Å²) < 4.78 is 4.96. The molecule has 4 rings (SSSR count). The molecule has 1 saturated heterocycles. The lowest BCUT2D eigenvalue weighted by molar-refractivity contribution is 0.0871. The summed E-state index contributed by atoms with van der Waals surface area (Å²) in [4.78, 5) is 30.2. The Morgan fingerprint density at radius 2 is 1.64 bits per heavy atom. The van der Waals surface area contributed by atoms with Crippen molar-refractivity contribution in [3.63, 3.8) is 0 Å². The average molecular weight is 591 g/mol. The minimum atomic E-state index is -0.155. The fourth-order valence-corrected chi connectivity index (χ4v) is 6.00. The van der Waals surface area contributed by atoms with Gasteiger partial charge < -0.3 is 25.2 Å². The third-order valence-electron chi connectivity index (χ3n) is 8.20. The summed E-state index contributed by atoms with van der Waals surface area (Å²) in [5.41, 5.74) is 5.64. The van der Waals surface area contributed by atoms with E-state index in [1.54, 1.807) is 7.11 Å². The van der Waals surface area contributed by atoms with Crippen molar-refractivity contribution in [3.8, 4) is 0 Å². The number of nitrogens with one attached hydrogen (secondary N) is 2. The topological polar surface area (TPSA) is 73.9 Å². The van der Waals surface area contributed by atoms with Gasteiger partial charge in [-0.2, -0.15) is 0 Å². The van der Waals surface area contributed by atoms with Crippen LogP contribution in [0, 0.1) is 13.8 Å². The number of anilines is 1. The van der Waals surface area contributed by atoms with E-state index in [4.69, 9.17) is 16.3 Å². The molecule has 0 bridgehead atoms. The summed E-state index contributed by atoms with van der Waals surface area (Å²) in [5, 5.41) is 6.60. The maximum Gasteiger partial charge on any atom is 0.253 e. The van der Waals surface area contributed by atoms with Crippen LogP contribution in [0.15, 0.2) is 66.7 Å². The molecule has 42 heavy (non-hydrogen) atoms. The highest BCUT2D eigenvalue weighted by Gasteiger charge is 2.27. The number of aryl methyl sites for hydroxylation is 2. The van der Waals surface area contributed by atoms with Crippen molar-refractivity contribution in [1.29, 1.82) is 0 Å². The van der Waals surface area contributed by atoms with Gasteiger partial charge in [-0.25, -0.2) is 0 Å². The molecule has 1 heterocycles. The van der Waals surface area contributed by atoms with Gasteiger partial charge in [0.05, 0.1) is 0 Å². The fraction of sp³-hybridized carbons (Fsp3) is 0.412. The van der Waals surface area contributed by atoms with Crippen molar-refractivity contribution in [2.24, 2.45) is 0 Å². The number of halogens is 1. The van der Waals surface area contributed by atoms with E-state index in [9.17, 15) is 9.59 Å². The molecule has 0 saturated carbocycles. The lowest BCUT2D eigenvalue weighted by atomic mass is 9.99. The molecule has 2 N–H and O–H groups in total. The van der Waals surface area contributed by atoms with Gasteiger partial charge in [-0.1, -0.05) is 41.9 Å². The second kappa shape index (κ2) is 15.2. The van der Waals surface area contributed by atoms with Gasteiger partial charge in [-0.05, 0) is 93.1 Å². The smallest absolute Gasteiger partial charge is 0.253 e. The van der Waals surface area contributed by atoms with E-state index in [0.717, 1.165) is 71.9 Å². The number of hydrogen-bond acceptors (Lipinski definition) is 5. The maximum absolute atomic E-state index is 12.8. The van der Waals surface area contributed by atoms with Gasteiger partial charge in [0, 0.05) is 67.2 Å². The Kier molecular flexibility index (Phi) is 11.4. The first-order valence-corrected chi connectivity index (χ1v) is 15.1. The molecule has 1 aliphatic rings. The molecule has 0 spiro atoms. The quantitative estimate of drug-likeness (QED) is 0.254. The first-order chi connectivity index (χ1) is 20.3. The molecule has 3 aromatic carbocycles. The fourth-order valence-electron chi connectivity index (χ4n) is 5.78. The van der Waals surface area contributed by atoms with E-state index in [0.29, 0.717) is 24.2 Å². The van der Waals surface area contributed by atoms with Crippen LogP contribution in [0.25, 0.3) is 0 Å². The second-order valence-corrected chi connectivity index (χ2v) is 11.6. The van der Waals surface area contributed by atoms with Crippen LogP contribution in [0.1, 0.15) is 63.6 Å². The van der Waals surface area contributed by atoms with E-state index < -0.39 is 0 Å². The molecular formula is C34H43ClN4O3. The SMILES string of the molecule is COCNC(=O)c1ccc(N(Cc2cccc(Cl)c2)C2CCN(C(C)CCNC(=O)c3c(C)cccc3C)CC2)cc1. The van der Waals surface area contributed by atoms with Gasteiger partial charge in [0.15, 0.2) is 0 Å². The van der Waals surface area contributed by atoms with Gasteiger partial charge in [0.25, 0.3) is 11.8 Å². The summed E-state index contributed by atoms with van der Waals surface area (Å²) in [5.74, 6) is -0.146. The van der Waals surface area contributed by atoms with E-state index in [1.165, 1.54) is 0 Å². The third kappa shape index (κ3) is 8.34. The summed E-state index contributed by atoms with van der Waals surface area (Å²) in [6.07, 6.45) is 2.95. The van der Waals surface area contributed by atoms with E-state index in [2.05, 4.69) is 33.4 Å². The monoisotopic (exact) mass is 590 g/mol. The Labute approximate surface area is 255 Å². The van der Waals surface area contributed by atoms with Crippen LogP contribution in [0.5, 0.6) is 0 Å². The van der Waals surface area contributed by atoms with Crippen molar-refractivity contribution >= 4 is 29.1 Å². The third-order valence-corrected chi connectivity index (χ3v) is 8.43. The molecular weight excluding hydrogens is 548 g/mol. The highest BCUT2D eigenvalue weighted by molar-refractivity contribution is 6.30. The number of piperidine rings is 1. The van der Waals surface area contributed by atoms with Gasteiger partial charge in [-0.3, -0.25) is 9.59 Å². The van der Waals surface area contributed by atoms with E-state index in [1.807, 2.05) is 74.5 Å². The largest absolute Gasteiger partial charge is 0.364 e. The number of nitrogens with zero attached hydrogens (tertiary/aromatic N) is 2. The molecule has 1 unspecified atom stereocenters. The number of rotatable bonds is 12. The number of benzene rings is 3. The Bertz CT molecular complexity index is 1320. The Balaban J connectivity index is 1.36. The van der Waals surface area contributed by atoms with Crippen LogP contribution < -0.4 is 15.5 Å². The number of carbonyl (C=O) groups excluding carboxylic acids is 2. The molecule has 7 nitrogen and oxygen atoms in total. The van der Waals surface area contributed by atoms with Gasteiger partial charge in [0.1, 0.15) is 6.73 Å². The minimum Gasteiger partial charge on any atom is -0.364 e. The minimum absolute atomic E-state index is 0.00959. The maximum atomic E-state index is 12.8. The van der Waals surface area contributed by atoms with Crippen LogP contribution in [0.2, 0.25) is 5.02 Å². The first kappa shape index (κ1) is 31.5. The molecule has 0 aromatic heterocycles. The normalized spacial score (nSPS) is 14.8. The standard InChI is InChI=1S/C34H43ClN4O3/c1-24-7-5-8-25(2)32(24)34(41)36-18-15-26(3)38-19-16-31(17-20-38)39(22-27-9-6-10-29(35)21-27)30-13-11-28(12-14-30)33(40)37-23-42-4/h5-14,21,26,31H,15-20,22-23H2,1-4H3,(H,36,41)(H,37,40). The van der Waals surface area contributed by atoms with E-state index in [-0.39, 0.29) is 18.5 Å². The number of ether oxygens (including phenoxy) is 1. The second-order valence-electron chi connectivity index (χ2n) is 11.2. The van der Waals surface area contributed by atoms with Gasteiger partial charge >= 0.3 is 0 Å². The number of carbonyl (C=O) groups is 2. The predicted octanol–water partition coefficient (Wildman–Crippen LogP) is 5.97. The summed E-state index contributed by atoms with van der Waals surface area (Å²) in [6.45, 7) is 9.76. The van der Waals surface area contributed by atoms with Crippen LogP contribution in [-0.4, -0.2) is 62.3 Å². The van der Waals surface area contributed by atoms with Crippen molar-refractivity contribution in [2.75, 3.05) is 38.4 Å². The van der Waals surface area contributed by atoms with Crippen molar-refractivity contribution < 1.29 is 14.3 Å². The zero-order chi connectivity index (χ0) is 30.1. The predicted molar refractivity (Wildman–Crippen MR) is 170 cm³/mol. The highest BCUT2D eigenvalue weighted by atomic mass is 35.5. The number of amides is 2. The van der Waals surface area contributed by atoms with Crippen LogP contribution in [0.3, 0.4) is 0 Å². The van der Waals surface area contributed by atoms with E-state index >= 15 is 0 Å². The van der Waals surface area contributed by atoms with Gasteiger partial charge in [-0.15, -0.1) is 0 Å². The molecule has 224 valence electrons. The summed E-state index contributed by atoms with van der Waals surface area (Å²) in [6, 6.07) is 22.5. The van der Waals surface area contributed by atoms with Crippen LogP contribution in [-0.2, 0) is 11.3 Å². The molecule has 1 fully saturated rings. The van der Waals surface area contributed by atoms with Crippen molar-refractivity contribution in [3.05, 3.63) is 99.6 Å².